The molecule has 20 heavy (non-hydrogen) atoms. The maximum Gasteiger partial charge on any atom is 0.328 e. The molecular formula is C14H13NO4S. The second kappa shape index (κ2) is 5.42. The van der Waals surface area contributed by atoms with Gasteiger partial charge in [-0.15, -0.1) is 12.6 Å². The van der Waals surface area contributed by atoms with Crippen LogP contribution in [0.25, 0.3) is 10.8 Å². The van der Waals surface area contributed by atoms with Crippen LogP contribution in [0.2, 0.25) is 0 Å². The number of rotatable bonds is 3. The number of nitrogens with zero attached hydrogens (tertiary/aromatic N) is 1. The van der Waals surface area contributed by atoms with Crippen molar-refractivity contribution < 1.29 is 20.1 Å². The molecule has 6 heteroatoms. The van der Waals surface area contributed by atoms with Crippen LogP contribution in [-0.2, 0) is 4.79 Å². The predicted octanol–water partition coefficient (Wildman–Crippen LogP) is 2.40. The number of aliphatic imine (C=N–C) groups is 1. The minimum Gasteiger partial charge on any atom is -0.508 e. The summed E-state index contributed by atoms with van der Waals surface area (Å²) in [6.45, 7) is 1.43. The van der Waals surface area contributed by atoms with Crippen molar-refractivity contribution in [1.29, 1.82) is 0 Å². The van der Waals surface area contributed by atoms with Gasteiger partial charge >= 0.3 is 5.97 Å². The standard InChI is InChI=1S/C14H13NO4S/c1-7(14(18)19)15-13(20)11-4-2-8-6-9(16)3-5-10(8)12(11)17/h2-7,16-17H,1H3,(H,15,20)(H,18,19). The lowest BCUT2D eigenvalue weighted by Crippen LogP contribution is -2.14. The van der Waals surface area contributed by atoms with Gasteiger partial charge in [-0.05, 0) is 36.6 Å². The first kappa shape index (κ1) is 14.2. The molecule has 0 saturated heterocycles. The molecule has 2 aromatic carbocycles. The maximum absolute atomic E-state index is 10.8. The number of benzene rings is 2. The number of carboxylic acid groups (broad SMARTS) is 1. The molecule has 1 unspecified atom stereocenters. The quantitative estimate of drug-likeness (QED) is 0.397. The minimum atomic E-state index is -1.07. The third-order valence-corrected chi connectivity index (χ3v) is 3.25. The highest BCUT2D eigenvalue weighted by Gasteiger charge is 2.14. The monoisotopic (exact) mass is 291 g/mol. The highest BCUT2D eigenvalue weighted by Crippen LogP contribution is 2.32. The van der Waals surface area contributed by atoms with E-state index in [1.165, 1.54) is 19.1 Å². The number of hydrogen-bond donors (Lipinski definition) is 4. The van der Waals surface area contributed by atoms with E-state index >= 15 is 0 Å². The Balaban J connectivity index is 2.53. The van der Waals surface area contributed by atoms with Crippen LogP contribution in [-0.4, -0.2) is 32.4 Å². The van der Waals surface area contributed by atoms with E-state index in [4.69, 9.17) is 5.11 Å². The molecule has 0 amide bonds. The van der Waals surface area contributed by atoms with Crippen molar-refractivity contribution in [1.82, 2.24) is 0 Å². The van der Waals surface area contributed by atoms with E-state index in [1.54, 1.807) is 18.2 Å². The Morgan fingerprint density at radius 2 is 1.95 bits per heavy atom. The molecule has 5 nitrogen and oxygen atoms in total. The van der Waals surface area contributed by atoms with E-state index in [1.807, 2.05) is 0 Å². The van der Waals surface area contributed by atoms with Gasteiger partial charge in [0.05, 0.1) is 5.04 Å². The number of phenolic OH excluding ortho intramolecular Hbond substituents is 2. The molecule has 0 heterocycles. The Hall–Kier alpha value is -2.21. The highest BCUT2D eigenvalue weighted by atomic mass is 32.1. The highest BCUT2D eigenvalue weighted by molar-refractivity contribution is 7.97. The summed E-state index contributed by atoms with van der Waals surface area (Å²) in [5.41, 5.74) is 0.347. The summed E-state index contributed by atoms with van der Waals surface area (Å²) < 4.78 is 0. The summed E-state index contributed by atoms with van der Waals surface area (Å²) in [6.07, 6.45) is 0. The van der Waals surface area contributed by atoms with Crippen LogP contribution in [0.3, 0.4) is 0 Å². The molecule has 0 aliphatic carbocycles. The van der Waals surface area contributed by atoms with Crippen LogP contribution >= 0.6 is 12.6 Å². The van der Waals surface area contributed by atoms with Crippen molar-refractivity contribution in [3.8, 4) is 11.5 Å². The summed E-state index contributed by atoms with van der Waals surface area (Å²) >= 11 is 4.15. The molecule has 0 aliphatic heterocycles. The van der Waals surface area contributed by atoms with Gasteiger partial charge in [0, 0.05) is 10.9 Å². The van der Waals surface area contributed by atoms with Gasteiger partial charge in [0.25, 0.3) is 0 Å². The van der Waals surface area contributed by atoms with Gasteiger partial charge in [0.1, 0.15) is 17.5 Å². The molecule has 0 saturated carbocycles. The van der Waals surface area contributed by atoms with Crippen LogP contribution in [0.15, 0.2) is 35.3 Å². The topological polar surface area (TPSA) is 90.1 Å². The Morgan fingerprint density at radius 3 is 2.60 bits per heavy atom. The molecule has 104 valence electrons. The van der Waals surface area contributed by atoms with E-state index in [0.29, 0.717) is 16.3 Å². The summed E-state index contributed by atoms with van der Waals surface area (Å²) in [6, 6.07) is 6.89. The van der Waals surface area contributed by atoms with Gasteiger partial charge in [-0.25, -0.2) is 4.79 Å². The fourth-order valence-corrected chi connectivity index (χ4v) is 2.14. The van der Waals surface area contributed by atoms with Crippen LogP contribution in [0.5, 0.6) is 11.5 Å². The zero-order chi connectivity index (χ0) is 14.9. The molecule has 0 bridgehead atoms. The third kappa shape index (κ3) is 2.70. The molecule has 2 rings (SSSR count). The number of aromatic hydroxyl groups is 2. The molecule has 0 aliphatic rings. The summed E-state index contributed by atoms with van der Waals surface area (Å²) in [5.74, 6) is -1.01. The SMILES string of the molecule is CC(/N=C(\S)c1ccc2cc(O)ccc2c1O)C(=O)O. The fraction of sp³-hybridized carbons (Fsp3) is 0.143. The second-order valence-electron chi connectivity index (χ2n) is 4.33. The molecular weight excluding hydrogens is 278 g/mol. The first-order valence-electron chi connectivity index (χ1n) is 5.85. The molecule has 3 N–H and O–H groups in total. The lowest BCUT2D eigenvalue weighted by molar-refractivity contribution is -0.137. The van der Waals surface area contributed by atoms with Crippen LogP contribution < -0.4 is 0 Å². The lowest BCUT2D eigenvalue weighted by atomic mass is 10.1. The Labute approximate surface area is 120 Å². The smallest absolute Gasteiger partial charge is 0.328 e. The van der Waals surface area contributed by atoms with Gasteiger partial charge in [-0.1, -0.05) is 6.07 Å². The van der Waals surface area contributed by atoms with Gasteiger partial charge in [-0.2, -0.15) is 0 Å². The van der Waals surface area contributed by atoms with Gasteiger partial charge < -0.3 is 15.3 Å². The summed E-state index contributed by atoms with van der Waals surface area (Å²) in [5, 5.41) is 29.8. The summed E-state index contributed by atoms with van der Waals surface area (Å²) in [7, 11) is 0. The molecule has 2 aromatic rings. The largest absolute Gasteiger partial charge is 0.508 e. The molecule has 0 spiro atoms. The van der Waals surface area contributed by atoms with Crippen molar-refractivity contribution in [3.63, 3.8) is 0 Å². The van der Waals surface area contributed by atoms with E-state index in [9.17, 15) is 15.0 Å². The zero-order valence-electron chi connectivity index (χ0n) is 10.6. The first-order valence-corrected chi connectivity index (χ1v) is 6.29. The fourth-order valence-electron chi connectivity index (χ4n) is 1.79. The van der Waals surface area contributed by atoms with E-state index in [0.717, 1.165) is 0 Å². The molecule has 0 aromatic heterocycles. The number of carboxylic acids is 1. The average Bonchev–Trinajstić information content (AvgIpc) is 2.38. The van der Waals surface area contributed by atoms with Crippen molar-refractivity contribution in [2.45, 2.75) is 13.0 Å². The minimum absolute atomic E-state index is 0.0474. The Kier molecular flexibility index (Phi) is 3.85. The number of thiol groups is 1. The molecule has 0 fully saturated rings. The Bertz CT molecular complexity index is 712. The number of hydrogen-bond acceptors (Lipinski definition) is 4. The van der Waals surface area contributed by atoms with E-state index in [-0.39, 0.29) is 16.5 Å². The van der Waals surface area contributed by atoms with E-state index in [2.05, 4.69) is 17.6 Å². The molecule has 0 radical (unpaired) electrons. The molecule has 1 atom stereocenters. The number of phenols is 2. The van der Waals surface area contributed by atoms with Crippen LogP contribution in [0, 0.1) is 0 Å². The maximum atomic E-state index is 10.8. The Morgan fingerprint density at radius 1 is 1.25 bits per heavy atom. The second-order valence-corrected chi connectivity index (χ2v) is 4.76. The van der Waals surface area contributed by atoms with Crippen molar-refractivity contribution in [2.75, 3.05) is 0 Å². The number of fused-ring (bicyclic) bond motifs is 1. The van der Waals surface area contributed by atoms with Crippen molar-refractivity contribution in [2.24, 2.45) is 4.99 Å². The van der Waals surface area contributed by atoms with Crippen molar-refractivity contribution >= 4 is 34.4 Å². The average molecular weight is 291 g/mol. The predicted molar refractivity (Wildman–Crippen MR) is 79.9 cm³/mol. The van der Waals surface area contributed by atoms with Crippen LogP contribution in [0.1, 0.15) is 12.5 Å². The van der Waals surface area contributed by atoms with E-state index < -0.39 is 12.0 Å². The zero-order valence-corrected chi connectivity index (χ0v) is 11.5. The van der Waals surface area contributed by atoms with Crippen molar-refractivity contribution in [3.05, 3.63) is 35.9 Å². The number of aliphatic carboxylic acids is 1. The van der Waals surface area contributed by atoms with Gasteiger partial charge in [-0.3, -0.25) is 4.99 Å². The number of carbonyl (C=O) groups is 1. The normalized spacial score (nSPS) is 13.4. The third-order valence-electron chi connectivity index (χ3n) is 2.89. The van der Waals surface area contributed by atoms with Gasteiger partial charge in [0.15, 0.2) is 0 Å². The summed E-state index contributed by atoms with van der Waals surface area (Å²) in [4.78, 5) is 14.7. The lowest BCUT2D eigenvalue weighted by Gasteiger charge is -2.09. The first-order chi connectivity index (χ1) is 9.40. The van der Waals surface area contributed by atoms with Crippen LogP contribution in [0.4, 0.5) is 0 Å². The van der Waals surface area contributed by atoms with Gasteiger partial charge in [0.2, 0.25) is 0 Å².